The molecule has 3 nitrogen and oxygen atoms in total. The summed E-state index contributed by atoms with van der Waals surface area (Å²) in [6, 6.07) is 0. The predicted molar refractivity (Wildman–Crippen MR) is 64.2 cm³/mol. The molecule has 0 aliphatic carbocycles. The summed E-state index contributed by atoms with van der Waals surface area (Å²) in [5, 5.41) is 8.83. The summed E-state index contributed by atoms with van der Waals surface area (Å²) in [5.41, 5.74) is 0. The molecule has 0 saturated carbocycles. The van der Waals surface area contributed by atoms with Crippen molar-refractivity contribution in [3.63, 3.8) is 0 Å². The van der Waals surface area contributed by atoms with Crippen LogP contribution >= 0.6 is 0 Å². The van der Waals surface area contributed by atoms with Gasteiger partial charge in [-0.2, -0.15) is 0 Å². The quantitative estimate of drug-likeness (QED) is 0.730. The summed E-state index contributed by atoms with van der Waals surface area (Å²) in [7, 11) is 0. The van der Waals surface area contributed by atoms with Crippen LogP contribution in [0.2, 0.25) is 0 Å². The highest BCUT2D eigenvalue weighted by Crippen LogP contribution is 2.18. The monoisotopic (exact) mass is 230 g/mol. The van der Waals surface area contributed by atoms with Gasteiger partial charge in [0.15, 0.2) is 6.29 Å². The van der Waals surface area contributed by atoms with Gasteiger partial charge in [0.2, 0.25) is 0 Å². The average molecular weight is 230 g/mol. The van der Waals surface area contributed by atoms with Crippen molar-refractivity contribution < 1.29 is 14.6 Å². The van der Waals surface area contributed by atoms with E-state index in [0.717, 1.165) is 32.5 Å². The fraction of sp³-hybridized carbons (Fsp3) is 1.00. The van der Waals surface area contributed by atoms with Crippen LogP contribution in [-0.4, -0.2) is 31.2 Å². The van der Waals surface area contributed by atoms with Crippen molar-refractivity contribution in [3.8, 4) is 0 Å². The second-order valence-corrected chi connectivity index (χ2v) is 5.09. The molecule has 3 unspecified atom stereocenters. The van der Waals surface area contributed by atoms with Crippen LogP contribution in [0.5, 0.6) is 0 Å². The smallest absolute Gasteiger partial charge is 0.157 e. The zero-order valence-electron chi connectivity index (χ0n) is 10.7. The number of ether oxygens (including phenoxy) is 2. The van der Waals surface area contributed by atoms with Crippen molar-refractivity contribution in [2.45, 2.75) is 52.2 Å². The molecule has 1 rings (SSSR count). The zero-order valence-corrected chi connectivity index (χ0v) is 10.7. The third kappa shape index (κ3) is 5.83. The summed E-state index contributed by atoms with van der Waals surface area (Å²) < 4.78 is 11.3. The van der Waals surface area contributed by atoms with Crippen LogP contribution < -0.4 is 0 Å². The van der Waals surface area contributed by atoms with E-state index >= 15 is 0 Å². The Kier molecular flexibility index (Phi) is 7.01. The van der Waals surface area contributed by atoms with Crippen molar-refractivity contribution in [1.29, 1.82) is 0 Å². The molecule has 0 aromatic carbocycles. The molecule has 1 aliphatic rings. The Morgan fingerprint density at radius 3 is 2.75 bits per heavy atom. The van der Waals surface area contributed by atoms with Crippen LogP contribution in [0.1, 0.15) is 46.0 Å². The van der Waals surface area contributed by atoms with Crippen LogP contribution in [0.4, 0.5) is 0 Å². The Morgan fingerprint density at radius 2 is 2.12 bits per heavy atom. The third-order valence-corrected chi connectivity index (χ3v) is 3.13. The molecule has 1 N–H and O–H groups in total. The summed E-state index contributed by atoms with van der Waals surface area (Å²) in [6.07, 6.45) is 5.48. The molecule has 3 atom stereocenters. The lowest BCUT2D eigenvalue weighted by atomic mass is 9.95. The van der Waals surface area contributed by atoms with Gasteiger partial charge in [0.25, 0.3) is 0 Å². The first-order chi connectivity index (χ1) is 7.72. The SMILES string of the molecule is CC(CCO)CC(C)COC1CCCCO1. The Hall–Kier alpha value is -0.120. The number of rotatable bonds is 7. The Balaban J connectivity index is 2.06. The van der Waals surface area contributed by atoms with E-state index in [-0.39, 0.29) is 6.29 Å². The van der Waals surface area contributed by atoms with E-state index in [9.17, 15) is 0 Å². The number of aliphatic hydroxyl groups excluding tert-OH is 1. The topological polar surface area (TPSA) is 38.7 Å². The minimum absolute atomic E-state index is 0.0318. The normalized spacial score (nSPS) is 25.3. The standard InChI is InChI=1S/C13H26O3/c1-11(6-7-14)9-12(2)10-16-13-5-3-4-8-15-13/h11-14H,3-10H2,1-2H3. The summed E-state index contributed by atoms with van der Waals surface area (Å²) >= 11 is 0. The number of aliphatic hydroxyl groups is 1. The van der Waals surface area contributed by atoms with Crippen LogP contribution in [-0.2, 0) is 9.47 Å². The number of hydrogen-bond acceptors (Lipinski definition) is 3. The summed E-state index contributed by atoms with van der Waals surface area (Å²) in [5.74, 6) is 1.13. The van der Waals surface area contributed by atoms with Gasteiger partial charge in [-0.1, -0.05) is 13.8 Å². The molecule has 1 saturated heterocycles. The zero-order chi connectivity index (χ0) is 11.8. The molecule has 16 heavy (non-hydrogen) atoms. The molecule has 3 heteroatoms. The second kappa shape index (κ2) is 8.04. The molecule has 1 fully saturated rings. The maximum atomic E-state index is 8.83. The molecule has 96 valence electrons. The molecule has 0 bridgehead atoms. The second-order valence-electron chi connectivity index (χ2n) is 5.09. The molecule has 0 spiro atoms. The van der Waals surface area contributed by atoms with Gasteiger partial charge < -0.3 is 14.6 Å². The Bertz CT molecular complexity index is 167. The molecule has 0 amide bonds. The Labute approximate surface area is 99.1 Å². The first-order valence-electron chi connectivity index (χ1n) is 6.56. The first-order valence-corrected chi connectivity index (χ1v) is 6.56. The van der Waals surface area contributed by atoms with E-state index in [4.69, 9.17) is 14.6 Å². The van der Waals surface area contributed by atoms with Gasteiger partial charge in [-0.3, -0.25) is 0 Å². The third-order valence-electron chi connectivity index (χ3n) is 3.13. The summed E-state index contributed by atoms with van der Waals surface area (Å²) in [6.45, 7) is 6.31. The van der Waals surface area contributed by atoms with Crippen LogP contribution in [0.3, 0.4) is 0 Å². The van der Waals surface area contributed by atoms with Gasteiger partial charge in [0.1, 0.15) is 0 Å². The van der Waals surface area contributed by atoms with Gasteiger partial charge in [-0.25, -0.2) is 0 Å². The molecular formula is C13H26O3. The fourth-order valence-electron chi connectivity index (χ4n) is 2.21. The maximum absolute atomic E-state index is 8.83. The minimum Gasteiger partial charge on any atom is -0.396 e. The highest BCUT2D eigenvalue weighted by molar-refractivity contribution is 4.60. The van der Waals surface area contributed by atoms with Crippen molar-refractivity contribution >= 4 is 0 Å². The van der Waals surface area contributed by atoms with Crippen molar-refractivity contribution in [3.05, 3.63) is 0 Å². The molecule has 1 aliphatic heterocycles. The molecule has 1 heterocycles. The average Bonchev–Trinajstić information content (AvgIpc) is 2.28. The van der Waals surface area contributed by atoms with Crippen molar-refractivity contribution in [2.24, 2.45) is 11.8 Å². The number of hydrogen-bond donors (Lipinski definition) is 1. The van der Waals surface area contributed by atoms with E-state index in [1.54, 1.807) is 0 Å². The molecular weight excluding hydrogens is 204 g/mol. The first kappa shape index (κ1) is 13.9. The van der Waals surface area contributed by atoms with E-state index in [2.05, 4.69) is 13.8 Å². The highest BCUT2D eigenvalue weighted by atomic mass is 16.7. The van der Waals surface area contributed by atoms with Crippen LogP contribution in [0.25, 0.3) is 0 Å². The van der Waals surface area contributed by atoms with Crippen molar-refractivity contribution in [1.82, 2.24) is 0 Å². The van der Waals surface area contributed by atoms with E-state index in [1.165, 1.54) is 12.8 Å². The lowest BCUT2D eigenvalue weighted by Gasteiger charge is -2.25. The van der Waals surface area contributed by atoms with Crippen LogP contribution in [0.15, 0.2) is 0 Å². The lowest BCUT2D eigenvalue weighted by Crippen LogP contribution is -2.25. The van der Waals surface area contributed by atoms with E-state index in [1.807, 2.05) is 0 Å². The van der Waals surface area contributed by atoms with Gasteiger partial charge >= 0.3 is 0 Å². The highest BCUT2D eigenvalue weighted by Gasteiger charge is 2.16. The maximum Gasteiger partial charge on any atom is 0.157 e. The van der Waals surface area contributed by atoms with Gasteiger partial charge in [0, 0.05) is 13.2 Å². The van der Waals surface area contributed by atoms with Crippen LogP contribution in [0, 0.1) is 11.8 Å². The van der Waals surface area contributed by atoms with Gasteiger partial charge in [-0.15, -0.1) is 0 Å². The minimum atomic E-state index is 0.0318. The van der Waals surface area contributed by atoms with Gasteiger partial charge in [-0.05, 0) is 43.9 Å². The molecule has 0 aromatic rings. The summed E-state index contributed by atoms with van der Waals surface area (Å²) in [4.78, 5) is 0. The fourth-order valence-corrected chi connectivity index (χ4v) is 2.21. The molecule has 0 aromatic heterocycles. The van der Waals surface area contributed by atoms with E-state index in [0.29, 0.717) is 18.4 Å². The predicted octanol–water partition coefficient (Wildman–Crippen LogP) is 2.57. The van der Waals surface area contributed by atoms with Gasteiger partial charge in [0.05, 0.1) is 6.61 Å². The Morgan fingerprint density at radius 1 is 1.31 bits per heavy atom. The van der Waals surface area contributed by atoms with Crippen molar-refractivity contribution in [2.75, 3.05) is 19.8 Å². The largest absolute Gasteiger partial charge is 0.396 e. The lowest BCUT2D eigenvalue weighted by molar-refractivity contribution is -0.168. The van der Waals surface area contributed by atoms with E-state index < -0.39 is 0 Å². The molecule has 0 radical (unpaired) electrons.